The zero-order valence-electron chi connectivity index (χ0n) is 9.47. The minimum absolute atomic E-state index is 0.543. The van der Waals surface area contributed by atoms with Crippen LogP contribution in [0.1, 0.15) is 50.7 Å². The summed E-state index contributed by atoms with van der Waals surface area (Å²) in [5, 5.41) is 0. The monoisotopic (exact) mass is 220 g/mol. The van der Waals surface area contributed by atoms with Gasteiger partial charge in [0.05, 0.1) is 0 Å². The summed E-state index contributed by atoms with van der Waals surface area (Å²) in [6.07, 6.45) is 0. The molecule has 0 bridgehead atoms. The first-order valence-electron chi connectivity index (χ1n) is 5.24. The van der Waals surface area contributed by atoms with Crippen LogP contribution in [0.2, 0.25) is 0 Å². The lowest BCUT2D eigenvalue weighted by Crippen LogP contribution is -2.12. The van der Waals surface area contributed by atoms with E-state index in [1.807, 2.05) is 0 Å². The molecule has 0 aliphatic carbocycles. The van der Waals surface area contributed by atoms with Crippen molar-refractivity contribution in [1.82, 2.24) is 0 Å². The molecule has 74 valence electrons. The van der Waals surface area contributed by atoms with Gasteiger partial charge < -0.3 is 9.07 Å². The molecule has 0 saturated carbocycles. The molecule has 0 aliphatic heterocycles. The van der Waals surface area contributed by atoms with Gasteiger partial charge in [-0.15, -0.1) is 3.69 Å². The zero-order chi connectivity index (χ0) is 10.7. The Morgan fingerprint density at radius 1 is 0.929 bits per heavy atom. The Bertz CT molecular complexity index is 279. The lowest BCUT2D eigenvalue weighted by molar-refractivity contribution is 0.836. The molecule has 0 N–H and O–H groups in total. The van der Waals surface area contributed by atoms with Crippen LogP contribution < -0.4 is 3.69 Å². The molecule has 0 unspecified atom stereocenters. The molecule has 1 aromatic carbocycles. The minimum Gasteiger partial charge on any atom is -0.336 e. The third kappa shape index (κ3) is 3.15. The summed E-state index contributed by atoms with van der Waals surface area (Å²) in [4.78, 5) is 0. The van der Waals surface area contributed by atoms with Crippen LogP contribution in [0.3, 0.4) is 0 Å². The molecule has 14 heavy (non-hydrogen) atoms. The van der Waals surface area contributed by atoms with E-state index in [1.54, 1.807) is 0 Å². The molecule has 0 amide bonds. The van der Waals surface area contributed by atoms with Crippen LogP contribution in [0.25, 0.3) is 0 Å². The molecular weight excluding hydrogens is 204 g/mol. The molecule has 1 aromatic rings. The van der Waals surface area contributed by atoms with Crippen molar-refractivity contribution >= 4 is 32.0 Å². The SMILES string of the molecule is CC(C)c1c[c]([Mg][Cl])cc(C(C)C)c1. The van der Waals surface area contributed by atoms with Gasteiger partial charge >= 0.3 is 19.3 Å². The molecule has 0 radical (unpaired) electrons. The average Bonchev–Trinajstić information content (AvgIpc) is 2.16. The van der Waals surface area contributed by atoms with E-state index in [4.69, 9.17) is 9.07 Å². The average molecular weight is 221 g/mol. The zero-order valence-corrected chi connectivity index (χ0v) is 11.6. The van der Waals surface area contributed by atoms with Gasteiger partial charge in [0.2, 0.25) is 0 Å². The molecule has 0 saturated heterocycles. The summed E-state index contributed by atoms with van der Waals surface area (Å²) in [6, 6.07) is 6.87. The number of benzene rings is 1. The first-order valence-corrected chi connectivity index (χ1v) is 8.08. The van der Waals surface area contributed by atoms with E-state index in [9.17, 15) is 0 Å². The fourth-order valence-electron chi connectivity index (χ4n) is 1.49. The largest absolute Gasteiger partial charge is 0.538 e. The maximum absolute atomic E-state index is 6.02. The Morgan fingerprint density at radius 3 is 1.64 bits per heavy atom. The van der Waals surface area contributed by atoms with Gasteiger partial charge in [-0.25, -0.2) is 0 Å². The van der Waals surface area contributed by atoms with E-state index in [1.165, 1.54) is 14.8 Å². The third-order valence-electron chi connectivity index (χ3n) is 2.53. The molecule has 0 spiro atoms. The number of rotatable bonds is 3. The summed E-state index contributed by atoms with van der Waals surface area (Å²) >= 11 is -0.543. The topological polar surface area (TPSA) is 0 Å². The van der Waals surface area contributed by atoms with Gasteiger partial charge in [-0.1, -0.05) is 45.9 Å². The predicted molar refractivity (Wildman–Crippen MR) is 65.9 cm³/mol. The van der Waals surface area contributed by atoms with Crippen LogP contribution in [0.15, 0.2) is 18.2 Å². The van der Waals surface area contributed by atoms with Crippen LogP contribution in [-0.2, 0) is 0 Å². The Balaban J connectivity index is 3.13. The molecule has 0 atom stereocenters. The molecule has 0 nitrogen and oxygen atoms in total. The van der Waals surface area contributed by atoms with E-state index < -0.39 is 19.3 Å². The number of halogens is 1. The van der Waals surface area contributed by atoms with Crippen LogP contribution in [0.5, 0.6) is 0 Å². The Labute approximate surface area is 101 Å². The first-order chi connectivity index (χ1) is 6.54. The summed E-state index contributed by atoms with van der Waals surface area (Å²) in [6.45, 7) is 8.94. The summed E-state index contributed by atoms with van der Waals surface area (Å²) in [7, 11) is 6.02. The van der Waals surface area contributed by atoms with E-state index in [2.05, 4.69) is 45.9 Å². The summed E-state index contributed by atoms with van der Waals surface area (Å²) < 4.78 is 1.38. The van der Waals surface area contributed by atoms with E-state index in [0.717, 1.165) is 0 Å². The van der Waals surface area contributed by atoms with Crippen molar-refractivity contribution in [2.24, 2.45) is 0 Å². The van der Waals surface area contributed by atoms with Crippen LogP contribution in [-0.4, -0.2) is 19.3 Å². The van der Waals surface area contributed by atoms with Gasteiger partial charge in [-0.2, -0.15) is 0 Å². The van der Waals surface area contributed by atoms with Crippen LogP contribution in [0, 0.1) is 0 Å². The molecule has 2 heteroatoms. The first kappa shape index (κ1) is 12.3. The highest BCUT2D eigenvalue weighted by Gasteiger charge is 2.07. The van der Waals surface area contributed by atoms with Gasteiger partial charge in [0.15, 0.2) is 0 Å². The van der Waals surface area contributed by atoms with Gasteiger partial charge in [0.25, 0.3) is 0 Å². The maximum Gasteiger partial charge on any atom is 0.538 e. The molecule has 0 aromatic heterocycles. The van der Waals surface area contributed by atoms with E-state index >= 15 is 0 Å². The molecule has 0 fully saturated rings. The standard InChI is InChI=1S/C12H17.ClH.Mg/c1-9(2)11-6-5-7-12(8-11)10(3)4;;/h6-10H,1-4H3;1H;/q;;+1/p-1. The normalized spacial score (nSPS) is 10.8. The fraction of sp³-hybridized carbons (Fsp3) is 0.500. The van der Waals surface area contributed by atoms with Crippen molar-refractivity contribution < 1.29 is 0 Å². The van der Waals surface area contributed by atoms with Crippen molar-refractivity contribution in [3.05, 3.63) is 29.3 Å². The maximum atomic E-state index is 6.02. The Morgan fingerprint density at radius 2 is 1.36 bits per heavy atom. The fourth-order valence-corrected chi connectivity index (χ4v) is 2.58. The molecule has 0 heterocycles. The van der Waals surface area contributed by atoms with E-state index in [-0.39, 0.29) is 0 Å². The van der Waals surface area contributed by atoms with Crippen LogP contribution in [0.4, 0.5) is 0 Å². The lowest BCUT2D eigenvalue weighted by atomic mass is 9.96. The molecule has 1 rings (SSSR count). The lowest BCUT2D eigenvalue weighted by Gasteiger charge is -2.13. The number of hydrogen-bond donors (Lipinski definition) is 0. The van der Waals surface area contributed by atoms with Crippen molar-refractivity contribution in [3.63, 3.8) is 0 Å². The Hall–Kier alpha value is 0.276. The van der Waals surface area contributed by atoms with E-state index in [0.29, 0.717) is 11.8 Å². The van der Waals surface area contributed by atoms with Crippen molar-refractivity contribution in [2.75, 3.05) is 0 Å². The molecular formula is C12H17ClMg. The van der Waals surface area contributed by atoms with Crippen molar-refractivity contribution in [3.8, 4) is 0 Å². The van der Waals surface area contributed by atoms with Gasteiger partial charge in [-0.05, 0) is 23.0 Å². The number of hydrogen-bond acceptors (Lipinski definition) is 0. The summed E-state index contributed by atoms with van der Waals surface area (Å²) in [5.41, 5.74) is 2.86. The van der Waals surface area contributed by atoms with Gasteiger partial charge in [0, 0.05) is 0 Å². The third-order valence-corrected chi connectivity index (χ3v) is 4.17. The van der Waals surface area contributed by atoms with Gasteiger partial charge in [0.1, 0.15) is 0 Å². The quantitative estimate of drug-likeness (QED) is 0.686. The highest BCUT2D eigenvalue weighted by Crippen LogP contribution is 2.19. The minimum atomic E-state index is -0.543. The summed E-state index contributed by atoms with van der Waals surface area (Å²) in [5.74, 6) is 1.20. The second-order valence-electron chi connectivity index (χ2n) is 4.45. The van der Waals surface area contributed by atoms with Crippen molar-refractivity contribution in [2.45, 2.75) is 39.5 Å². The molecule has 0 aliphatic rings. The second kappa shape index (κ2) is 5.38. The Kier molecular flexibility index (Phi) is 4.75. The highest BCUT2D eigenvalue weighted by molar-refractivity contribution is 7.01. The van der Waals surface area contributed by atoms with Gasteiger partial charge in [-0.3, -0.25) is 0 Å². The predicted octanol–water partition coefficient (Wildman–Crippen LogP) is 3.42. The smallest absolute Gasteiger partial charge is 0.336 e. The van der Waals surface area contributed by atoms with Crippen molar-refractivity contribution in [1.29, 1.82) is 0 Å². The second-order valence-corrected chi connectivity index (χ2v) is 6.34. The van der Waals surface area contributed by atoms with Crippen LogP contribution >= 0.6 is 9.07 Å². The highest BCUT2D eigenvalue weighted by atomic mass is 35.5.